The van der Waals surface area contributed by atoms with Gasteiger partial charge in [0.05, 0.1) is 17.3 Å². The Labute approximate surface area is 125 Å². The summed E-state index contributed by atoms with van der Waals surface area (Å²) < 4.78 is 2.65. The topological polar surface area (TPSA) is 69.6 Å². The van der Waals surface area contributed by atoms with E-state index in [1.165, 1.54) is 6.33 Å². The van der Waals surface area contributed by atoms with Crippen LogP contribution in [0.5, 0.6) is 0 Å². The van der Waals surface area contributed by atoms with Gasteiger partial charge in [0, 0.05) is 23.3 Å². The Balaban J connectivity index is 1.96. The average Bonchev–Trinajstić information content (AvgIpc) is 2.83. The minimum Gasteiger partial charge on any atom is -0.322 e. The maximum atomic E-state index is 6.27. The first-order valence-electron chi connectivity index (χ1n) is 6.29. The highest BCUT2D eigenvalue weighted by molar-refractivity contribution is 9.10. The van der Waals surface area contributed by atoms with Gasteiger partial charge in [-0.15, -0.1) is 0 Å². The van der Waals surface area contributed by atoms with Crippen molar-refractivity contribution in [2.24, 2.45) is 12.8 Å². The predicted molar refractivity (Wildman–Crippen MR) is 81.1 cm³/mol. The number of nitrogens with zero attached hydrogens (tertiary/aromatic N) is 4. The van der Waals surface area contributed by atoms with E-state index in [9.17, 15) is 0 Å². The van der Waals surface area contributed by atoms with Crippen LogP contribution in [0.2, 0.25) is 0 Å². The standard InChI is InChI=1S/C14H14BrN5/c1-20-13(17-8-18-20)7-11(16)14-10(15)6-9-4-2-3-5-12(9)19-14/h2-6,8,11H,7,16H2,1H3. The molecule has 0 saturated heterocycles. The molecule has 0 aliphatic heterocycles. The Morgan fingerprint density at radius 1 is 1.35 bits per heavy atom. The summed E-state index contributed by atoms with van der Waals surface area (Å²) in [5.41, 5.74) is 8.06. The highest BCUT2D eigenvalue weighted by Crippen LogP contribution is 2.26. The number of fused-ring (bicyclic) bond motifs is 1. The van der Waals surface area contributed by atoms with E-state index in [1.54, 1.807) is 4.68 Å². The van der Waals surface area contributed by atoms with E-state index in [2.05, 4.69) is 31.0 Å². The first kappa shape index (κ1) is 13.2. The molecule has 0 aliphatic rings. The smallest absolute Gasteiger partial charge is 0.138 e. The van der Waals surface area contributed by atoms with Gasteiger partial charge < -0.3 is 5.73 Å². The second kappa shape index (κ2) is 5.30. The van der Waals surface area contributed by atoms with Crippen LogP contribution in [0.1, 0.15) is 17.6 Å². The fourth-order valence-electron chi connectivity index (χ4n) is 2.16. The Morgan fingerprint density at radius 2 is 2.15 bits per heavy atom. The highest BCUT2D eigenvalue weighted by atomic mass is 79.9. The molecule has 20 heavy (non-hydrogen) atoms. The number of pyridine rings is 1. The van der Waals surface area contributed by atoms with Crippen molar-refractivity contribution in [1.82, 2.24) is 19.7 Å². The van der Waals surface area contributed by atoms with Gasteiger partial charge in [-0.3, -0.25) is 4.68 Å². The van der Waals surface area contributed by atoms with Crippen LogP contribution in [0.3, 0.4) is 0 Å². The van der Waals surface area contributed by atoms with Gasteiger partial charge in [0.2, 0.25) is 0 Å². The number of rotatable bonds is 3. The van der Waals surface area contributed by atoms with E-state index in [0.29, 0.717) is 6.42 Å². The molecule has 0 bridgehead atoms. The molecule has 102 valence electrons. The van der Waals surface area contributed by atoms with Crippen LogP contribution in [-0.4, -0.2) is 19.7 Å². The van der Waals surface area contributed by atoms with Gasteiger partial charge in [0.25, 0.3) is 0 Å². The molecule has 3 rings (SSSR count). The molecule has 1 aromatic carbocycles. The summed E-state index contributed by atoms with van der Waals surface area (Å²) in [6.07, 6.45) is 2.13. The third kappa shape index (κ3) is 2.44. The average molecular weight is 332 g/mol. The summed E-state index contributed by atoms with van der Waals surface area (Å²) >= 11 is 3.56. The van der Waals surface area contributed by atoms with E-state index in [0.717, 1.165) is 26.9 Å². The maximum absolute atomic E-state index is 6.27. The molecule has 0 spiro atoms. The quantitative estimate of drug-likeness (QED) is 0.799. The molecular formula is C14H14BrN5. The number of hydrogen-bond donors (Lipinski definition) is 1. The Bertz CT molecular complexity index is 752. The molecule has 2 N–H and O–H groups in total. The molecule has 0 aliphatic carbocycles. The minimum absolute atomic E-state index is 0.225. The maximum Gasteiger partial charge on any atom is 0.138 e. The number of aryl methyl sites for hydroxylation is 1. The summed E-state index contributed by atoms with van der Waals surface area (Å²) in [6.45, 7) is 0. The van der Waals surface area contributed by atoms with Crippen molar-refractivity contribution < 1.29 is 0 Å². The zero-order valence-corrected chi connectivity index (χ0v) is 12.6. The third-order valence-electron chi connectivity index (χ3n) is 3.26. The van der Waals surface area contributed by atoms with Crippen molar-refractivity contribution in [3.05, 3.63) is 52.7 Å². The van der Waals surface area contributed by atoms with Crippen LogP contribution in [0.25, 0.3) is 10.9 Å². The zero-order valence-electron chi connectivity index (χ0n) is 11.0. The molecule has 1 unspecified atom stereocenters. The molecule has 6 heteroatoms. The van der Waals surface area contributed by atoms with Gasteiger partial charge in [-0.25, -0.2) is 9.97 Å². The molecule has 5 nitrogen and oxygen atoms in total. The van der Waals surface area contributed by atoms with E-state index in [1.807, 2.05) is 37.4 Å². The van der Waals surface area contributed by atoms with Crippen LogP contribution in [0, 0.1) is 0 Å². The predicted octanol–water partition coefficient (Wildman–Crippen LogP) is 2.37. The van der Waals surface area contributed by atoms with Gasteiger partial charge in [-0.05, 0) is 28.1 Å². The molecule has 0 fully saturated rings. The number of aromatic nitrogens is 4. The van der Waals surface area contributed by atoms with Crippen LogP contribution in [0.4, 0.5) is 0 Å². The molecule has 1 atom stereocenters. The van der Waals surface area contributed by atoms with Crippen LogP contribution >= 0.6 is 15.9 Å². The van der Waals surface area contributed by atoms with E-state index in [4.69, 9.17) is 5.73 Å². The van der Waals surface area contributed by atoms with Crippen molar-refractivity contribution in [3.8, 4) is 0 Å². The van der Waals surface area contributed by atoms with E-state index < -0.39 is 0 Å². The van der Waals surface area contributed by atoms with Crippen molar-refractivity contribution in [2.45, 2.75) is 12.5 Å². The summed E-state index contributed by atoms with van der Waals surface area (Å²) in [7, 11) is 1.86. The van der Waals surface area contributed by atoms with E-state index >= 15 is 0 Å². The van der Waals surface area contributed by atoms with Crippen LogP contribution in [0.15, 0.2) is 41.1 Å². The van der Waals surface area contributed by atoms with Gasteiger partial charge >= 0.3 is 0 Å². The normalized spacial score (nSPS) is 12.8. The number of hydrogen-bond acceptors (Lipinski definition) is 4. The summed E-state index contributed by atoms with van der Waals surface area (Å²) in [5, 5.41) is 5.15. The lowest BCUT2D eigenvalue weighted by Gasteiger charge is -2.13. The first-order valence-corrected chi connectivity index (χ1v) is 7.08. The number of benzene rings is 1. The molecule has 2 aromatic heterocycles. The number of nitrogens with two attached hydrogens (primary N) is 1. The first-order chi connectivity index (χ1) is 9.65. The lowest BCUT2D eigenvalue weighted by Crippen LogP contribution is -2.18. The minimum atomic E-state index is -0.225. The molecule has 3 aromatic rings. The summed E-state index contributed by atoms with van der Waals surface area (Å²) in [6, 6.07) is 9.81. The molecule has 0 saturated carbocycles. The van der Waals surface area contributed by atoms with Crippen molar-refractivity contribution >= 4 is 26.8 Å². The lowest BCUT2D eigenvalue weighted by atomic mass is 10.1. The largest absolute Gasteiger partial charge is 0.322 e. The lowest BCUT2D eigenvalue weighted by molar-refractivity contribution is 0.618. The highest BCUT2D eigenvalue weighted by Gasteiger charge is 2.16. The molecule has 0 amide bonds. The van der Waals surface area contributed by atoms with Gasteiger partial charge in [-0.1, -0.05) is 18.2 Å². The van der Waals surface area contributed by atoms with Crippen molar-refractivity contribution in [1.29, 1.82) is 0 Å². The third-order valence-corrected chi connectivity index (χ3v) is 3.90. The number of para-hydroxylation sites is 1. The van der Waals surface area contributed by atoms with Crippen molar-refractivity contribution in [2.75, 3.05) is 0 Å². The van der Waals surface area contributed by atoms with Gasteiger partial charge in [0.1, 0.15) is 12.2 Å². The van der Waals surface area contributed by atoms with Crippen molar-refractivity contribution in [3.63, 3.8) is 0 Å². The van der Waals surface area contributed by atoms with Gasteiger partial charge in [0.15, 0.2) is 0 Å². The second-order valence-electron chi connectivity index (χ2n) is 4.66. The zero-order chi connectivity index (χ0) is 14.1. The molecular weight excluding hydrogens is 318 g/mol. The summed E-state index contributed by atoms with van der Waals surface area (Å²) in [4.78, 5) is 8.86. The Kier molecular flexibility index (Phi) is 3.50. The SMILES string of the molecule is Cn1ncnc1CC(N)c1nc2ccccc2cc1Br. The van der Waals surface area contributed by atoms with E-state index in [-0.39, 0.29) is 6.04 Å². The number of halogens is 1. The summed E-state index contributed by atoms with van der Waals surface area (Å²) in [5.74, 6) is 0.847. The fourth-order valence-corrected chi connectivity index (χ4v) is 2.79. The molecule has 2 heterocycles. The van der Waals surface area contributed by atoms with Crippen LogP contribution in [-0.2, 0) is 13.5 Å². The second-order valence-corrected chi connectivity index (χ2v) is 5.51. The van der Waals surface area contributed by atoms with Crippen LogP contribution < -0.4 is 5.73 Å². The monoisotopic (exact) mass is 331 g/mol. The van der Waals surface area contributed by atoms with Gasteiger partial charge in [-0.2, -0.15) is 5.10 Å². The fraction of sp³-hybridized carbons (Fsp3) is 0.214. The Morgan fingerprint density at radius 3 is 2.90 bits per heavy atom. The Hall–Kier alpha value is -1.79. The molecule has 0 radical (unpaired) electrons.